The first-order valence-corrected chi connectivity index (χ1v) is 10.5. The summed E-state index contributed by atoms with van der Waals surface area (Å²) in [5.74, 6) is -3.09. The Kier molecular flexibility index (Phi) is 7.54. The molecule has 2 aliphatic heterocycles. The standard InChI is InChI=1S/C22H25N3O8/c26-18(33-22(25-31)8-12-32-13-9-22)14-21(16(20(29)30)5-3-11-24-21)7-1-6-17-15(19(27)28)4-2-10-23-17/h2-5,10-11,24H,1,6-9,12-14H2,(H,27,28)(H,29,30). The molecule has 1 fully saturated rings. The Hall–Kier alpha value is -3.60. The highest BCUT2D eigenvalue weighted by Gasteiger charge is 2.44. The molecule has 0 spiro atoms. The van der Waals surface area contributed by atoms with Crippen molar-refractivity contribution in [1.29, 1.82) is 0 Å². The third-order valence-corrected chi connectivity index (χ3v) is 5.79. The lowest BCUT2D eigenvalue weighted by atomic mass is 9.79. The molecule has 3 rings (SSSR count). The van der Waals surface area contributed by atoms with E-state index in [-0.39, 0.29) is 56.5 Å². The Morgan fingerprint density at radius 2 is 1.97 bits per heavy atom. The van der Waals surface area contributed by atoms with Crippen molar-refractivity contribution in [3.05, 3.63) is 58.4 Å². The van der Waals surface area contributed by atoms with Crippen molar-refractivity contribution in [2.75, 3.05) is 13.2 Å². The molecular weight excluding hydrogens is 434 g/mol. The molecule has 176 valence electrons. The number of ether oxygens (including phenoxy) is 2. The summed E-state index contributed by atoms with van der Waals surface area (Å²) < 4.78 is 10.6. The van der Waals surface area contributed by atoms with Gasteiger partial charge in [-0.2, -0.15) is 0 Å². The summed E-state index contributed by atoms with van der Waals surface area (Å²) >= 11 is 0. The molecule has 1 unspecified atom stereocenters. The van der Waals surface area contributed by atoms with E-state index in [0.29, 0.717) is 12.1 Å². The Balaban J connectivity index is 1.78. The summed E-state index contributed by atoms with van der Waals surface area (Å²) in [7, 11) is 0. The van der Waals surface area contributed by atoms with Crippen LogP contribution in [0.2, 0.25) is 0 Å². The van der Waals surface area contributed by atoms with Gasteiger partial charge in [-0.15, -0.1) is 4.91 Å². The molecule has 2 aliphatic rings. The number of carbonyl (C=O) groups is 3. The number of carboxylic acid groups (broad SMARTS) is 2. The number of carbonyl (C=O) groups excluding carboxylic acids is 1. The number of allylic oxidation sites excluding steroid dienone is 2. The molecule has 0 aromatic carbocycles. The van der Waals surface area contributed by atoms with Crippen LogP contribution in [0.5, 0.6) is 0 Å². The quantitative estimate of drug-likeness (QED) is 0.349. The lowest BCUT2D eigenvalue weighted by Gasteiger charge is -2.37. The van der Waals surface area contributed by atoms with Gasteiger partial charge in [-0.05, 0) is 54.9 Å². The van der Waals surface area contributed by atoms with Crippen LogP contribution in [0, 0.1) is 4.91 Å². The number of rotatable bonds is 10. The Bertz CT molecular complexity index is 984. The molecule has 1 saturated heterocycles. The number of aromatic carboxylic acids is 1. The van der Waals surface area contributed by atoms with Crippen molar-refractivity contribution < 1.29 is 34.1 Å². The number of aromatic nitrogens is 1. The van der Waals surface area contributed by atoms with E-state index in [0.717, 1.165) is 0 Å². The zero-order chi connectivity index (χ0) is 23.9. The monoisotopic (exact) mass is 459 g/mol. The molecular formula is C22H25N3O8. The van der Waals surface area contributed by atoms with E-state index in [2.05, 4.69) is 15.5 Å². The van der Waals surface area contributed by atoms with Gasteiger partial charge >= 0.3 is 17.9 Å². The predicted molar refractivity (Wildman–Crippen MR) is 114 cm³/mol. The molecule has 1 aromatic rings. The van der Waals surface area contributed by atoms with Crippen LogP contribution in [0.4, 0.5) is 0 Å². The fourth-order valence-electron chi connectivity index (χ4n) is 4.09. The van der Waals surface area contributed by atoms with Crippen LogP contribution in [0.25, 0.3) is 0 Å². The van der Waals surface area contributed by atoms with Gasteiger partial charge in [-0.25, -0.2) is 9.59 Å². The van der Waals surface area contributed by atoms with Crippen molar-refractivity contribution in [3.63, 3.8) is 0 Å². The van der Waals surface area contributed by atoms with Crippen molar-refractivity contribution in [3.8, 4) is 0 Å². The third kappa shape index (κ3) is 5.61. The number of aliphatic carboxylic acids is 1. The predicted octanol–water partition coefficient (Wildman–Crippen LogP) is 2.18. The molecule has 11 nitrogen and oxygen atoms in total. The van der Waals surface area contributed by atoms with Gasteiger partial charge in [0.2, 0.25) is 5.72 Å². The molecule has 0 bridgehead atoms. The molecule has 0 aliphatic carbocycles. The van der Waals surface area contributed by atoms with E-state index in [9.17, 15) is 29.5 Å². The fraction of sp³-hybridized carbons (Fsp3) is 0.455. The number of hydrogen-bond donors (Lipinski definition) is 3. The molecule has 33 heavy (non-hydrogen) atoms. The van der Waals surface area contributed by atoms with E-state index in [1.807, 2.05) is 0 Å². The average Bonchev–Trinajstić information content (AvgIpc) is 2.80. The number of carboxylic acids is 2. The largest absolute Gasteiger partial charge is 0.478 e. The van der Waals surface area contributed by atoms with Gasteiger partial charge in [-0.1, -0.05) is 0 Å². The first-order chi connectivity index (χ1) is 15.8. The highest BCUT2D eigenvalue weighted by molar-refractivity contribution is 5.92. The smallest absolute Gasteiger partial charge is 0.337 e. The fourth-order valence-corrected chi connectivity index (χ4v) is 4.09. The zero-order valence-electron chi connectivity index (χ0n) is 17.9. The number of pyridine rings is 1. The number of aryl methyl sites for hydroxylation is 1. The van der Waals surface area contributed by atoms with Gasteiger partial charge in [0.25, 0.3) is 0 Å². The van der Waals surface area contributed by atoms with Crippen molar-refractivity contribution >= 4 is 17.9 Å². The molecule has 0 saturated carbocycles. The van der Waals surface area contributed by atoms with Crippen molar-refractivity contribution in [2.45, 2.75) is 49.8 Å². The van der Waals surface area contributed by atoms with Crippen LogP contribution < -0.4 is 5.32 Å². The van der Waals surface area contributed by atoms with Gasteiger partial charge in [0.1, 0.15) is 0 Å². The van der Waals surface area contributed by atoms with Gasteiger partial charge in [0.15, 0.2) is 0 Å². The lowest BCUT2D eigenvalue weighted by Crippen LogP contribution is -2.50. The third-order valence-electron chi connectivity index (χ3n) is 5.79. The van der Waals surface area contributed by atoms with E-state index in [1.165, 1.54) is 36.7 Å². The minimum atomic E-state index is -1.53. The van der Waals surface area contributed by atoms with E-state index < -0.39 is 29.2 Å². The van der Waals surface area contributed by atoms with Gasteiger partial charge in [0.05, 0.1) is 42.0 Å². The molecule has 0 amide bonds. The minimum Gasteiger partial charge on any atom is -0.478 e. The maximum absolute atomic E-state index is 12.9. The van der Waals surface area contributed by atoms with Crippen LogP contribution in [0.3, 0.4) is 0 Å². The summed E-state index contributed by atoms with van der Waals surface area (Å²) in [5, 5.41) is 25.1. The van der Waals surface area contributed by atoms with Crippen molar-refractivity contribution in [1.82, 2.24) is 10.3 Å². The minimum absolute atomic E-state index is 0.0403. The van der Waals surface area contributed by atoms with Crippen LogP contribution in [-0.4, -0.2) is 57.6 Å². The topological polar surface area (TPSA) is 164 Å². The maximum Gasteiger partial charge on any atom is 0.337 e. The molecule has 1 atom stereocenters. The summed E-state index contributed by atoms with van der Waals surface area (Å²) in [5.41, 5.74) is -2.46. The Labute approximate surface area is 189 Å². The zero-order valence-corrected chi connectivity index (χ0v) is 17.9. The summed E-state index contributed by atoms with van der Waals surface area (Å²) in [6, 6.07) is 2.97. The van der Waals surface area contributed by atoms with Crippen LogP contribution in [-0.2, 0) is 25.5 Å². The first kappa shape index (κ1) is 24.1. The second kappa shape index (κ2) is 10.3. The average molecular weight is 459 g/mol. The second-order valence-electron chi connectivity index (χ2n) is 7.93. The number of nitrogens with one attached hydrogen (secondary N) is 1. The van der Waals surface area contributed by atoms with Gasteiger partial charge < -0.3 is 25.0 Å². The molecule has 0 radical (unpaired) electrons. The van der Waals surface area contributed by atoms with E-state index >= 15 is 0 Å². The highest BCUT2D eigenvalue weighted by Crippen LogP contribution is 2.33. The SMILES string of the molecule is O=NC1(OC(=O)CC2(CCCc3ncccc3C(=O)O)NC=CC=C2C(=O)O)CCOCC1. The van der Waals surface area contributed by atoms with Gasteiger partial charge in [0, 0.05) is 19.0 Å². The van der Waals surface area contributed by atoms with E-state index in [1.54, 1.807) is 0 Å². The summed E-state index contributed by atoms with van der Waals surface area (Å²) in [6.45, 7) is 0.447. The number of nitrogens with zero attached hydrogens (tertiary/aromatic N) is 2. The van der Waals surface area contributed by atoms with Crippen molar-refractivity contribution in [2.24, 2.45) is 5.18 Å². The number of esters is 1. The second-order valence-corrected chi connectivity index (χ2v) is 7.93. The Morgan fingerprint density at radius 1 is 1.21 bits per heavy atom. The number of dihydropyridines is 1. The number of nitroso groups, excluding NO2 is 1. The molecule has 11 heteroatoms. The normalized spacial score (nSPS) is 21.4. The maximum atomic E-state index is 12.9. The summed E-state index contributed by atoms with van der Waals surface area (Å²) in [6.07, 6.45) is 6.59. The molecule has 1 aromatic heterocycles. The highest BCUT2D eigenvalue weighted by atomic mass is 16.6. The molecule has 3 N–H and O–H groups in total. The van der Waals surface area contributed by atoms with Crippen LogP contribution in [0.1, 0.15) is 48.2 Å². The Morgan fingerprint density at radius 3 is 2.64 bits per heavy atom. The van der Waals surface area contributed by atoms with E-state index in [4.69, 9.17) is 9.47 Å². The van der Waals surface area contributed by atoms with Crippen LogP contribution >= 0.6 is 0 Å². The van der Waals surface area contributed by atoms with Crippen LogP contribution in [0.15, 0.2) is 47.4 Å². The summed E-state index contributed by atoms with van der Waals surface area (Å²) in [4.78, 5) is 51.8. The lowest BCUT2D eigenvalue weighted by molar-refractivity contribution is -0.169. The molecule has 3 heterocycles. The van der Waals surface area contributed by atoms with Gasteiger partial charge in [-0.3, -0.25) is 9.78 Å². The first-order valence-electron chi connectivity index (χ1n) is 10.5. The number of hydrogen-bond acceptors (Lipinski definition) is 9.